The summed E-state index contributed by atoms with van der Waals surface area (Å²) in [6.45, 7) is 9.41. The van der Waals surface area contributed by atoms with Gasteiger partial charge in [-0.2, -0.15) is 0 Å². The fourth-order valence-corrected chi connectivity index (χ4v) is 3.37. The summed E-state index contributed by atoms with van der Waals surface area (Å²) in [6.07, 6.45) is -0.575. The molecule has 158 valence electrons. The van der Waals surface area contributed by atoms with Gasteiger partial charge in [0.05, 0.1) is 13.1 Å². The molecule has 1 fully saturated rings. The van der Waals surface area contributed by atoms with Crippen LogP contribution in [0.2, 0.25) is 0 Å². The van der Waals surface area contributed by atoms with Gasteiger partial charge < -0.3 is 15.4 Å². The van der Waals surface area contributed by atoms with Gasteiger partial charge in [-0.15, -0.1) is 0 Å². The van der Waals surface area contributed by atoms with E-state index in [2.05, 4.69) is 35.5 Å². The van der Waals surface area contributed by atoms with Gasteiger partial charge in [-0.3, -0.25) is 4.90 Å². The maximum Gasteiger partial charge on any atom is 0.251 e. The second kappa shape index (κ2) is 11.8. The summed E-state index contributed by atoms with van der Waals surface area (Å²) in [5.74, 6) is 2.09. The van der Waals surface area contributed by atoms with E-state index in [9.17, 15) is 8.78 Å². The van der Waals surface area contributed by atoms with Crippen LogP contribution < -0.4 is 15.4 Å². The van der Waals surface area contributed by atoms with Gasteiger partial charge in [0.25, 0.3) is 6.43 Å². The molecule has 0 spiro atoms. The molecule has 1 aliphatic rings. The molecule has 2 N–H and O–H groups in total. The highest BCUT2D eigenvalue weighted by atomic mass is 19.3. The first-order valence-electron chi connectivity index (χ1n) is 10.3. The van der Waals surface area contributed by atoms with Crippen LogP contribution in [0.5, 0.6) is 5.75 Å². The fraction of sp³-hybridized carbons (Fsp3) is 0.667. The molecule has 1 saturated heterocycles. The maximum absolute atomic E-state index is 12.5. The smallest absolute Gasteiger partial charge is 0.251 e. The minimum Gasteiger partial charge on any atom is -0.491 e. The van der Waals surface area contributed by atoms with Gasteiger partial charge in [0.15, 0.2) is 5.96 Å². The highest BCUT2D eigenvalue weighted by Gasteiger charge is 2.21. The summed E-state index contributed by atoms with van der Waals surface area (Å²) in [5.41, 5.74) is 1.20. The number of halogens is 2. The number of aliphatic imine (C=N–C) groups is 1. The number of ether oxygens (including phenoxy) is 1. The van der Waals surface area contributed by atoms with Gasteiger partial charge in [-0.25, -0.2) is 13.8 Å². The Bertz CT molecular complexity index is 602. The number of hydrogen-bond donors (Lipinski definition) is 2. The summed E-state index contributed by atoms with van der Waals surface area (Å²) < 4.78 is 30.9. The van der Waals surface area contributed by atoms with Gasteiger partial charge in [-0.05, 0) is 37.3 Å². The third kappa shape index (κ3) is 7.62. The van der Waals surface area contributed by atoms with Crippen molar-refractivity contribution in [3.8, 4) is 5.75 Å². The number of para-hydroxylation sites is 1. The summed E-state index contributed by atoms with van der Waals surface area (Å²) in [5, 5.41) is 6.68. The van der Waals surface area contributed by atoms with Crippen molar-refractivity contribution in [1.29, 1.82) is 0 Å². The van der Waals surface area contributed by atoms with Crippen molar-refractivity contribution in [2.45, 2.75) is 52.0 Å². The van der Waals surface area contributed by atoms with E-state index in [0.29, 0.717) is 32.2 Å². The number of nitrogens with one attached hydrogen (secondary N) is 2. The van der Waals surface area contributed by atoms with E-state index in [0.717, 1.165) is 31.1 Å². The van der Waals surface area contributed by atoms with Crippen molar-refractivity contribution < 1.29 is 13.5 Å². The number of alkyl halides is 2. The lowest BCUT2D eigenvalue weighted by molar-refractivity contribution is 0.0744. The van der Waals surface area contributed by atoms with Crippen LogP contribution in [0.3, 0.4) is 0 Å². The first-order chi connectivity index (χ1) is 13.5. The largest absolute Gasteiger partial charge is 0.491 e. The Kier molecular flexibility index (Phi) is 9.47. The van der Waals surface area contributed by atoms with E-state index < -0.39 is 6.43 Å². The molecular weight excluding hydrogens is 362 g/mol. The molecule has 28 heavy (non-hydrogen) atoms. The third-order valence-electron chi connectivity index (χ3n) is 4.83. The number of guanidine groups is 1. The molecular formula is C21H34F2N4O. The van der Waals surface area contributed by atoms with Gasteiger partial charge in [0, 0.05) is 25.7 Å². The zero-order valence-corrected chi connectivity index (χ0v) is 17.3. The van der Waals surface area contributed by atoms with Gasteiger partial charge in [-0.1, -0.05) is 32.0 Å². The minimum atomic E-state index is -2.26. The van der Waals surface area contributed by atoms with Crippen LogP contribution in [-0.4, -0.2) is 62.7 Å². The van der Waals surface area contributed by atoms with Crippen molar-refractivity contribution >= 4 is 5.96 Å². The normalized spacial score (nSPS) is 16.6. The molecule has 2 rings (SSSR count). The predicted molar refractivity (Wildman–Crippen MR) is 111 cm³/mol. The van der Waals surface area contributed by atoms with Crippen molar-refractivity contribution in [3.05, 3.63) is 29.8 Å². The Morgan fingerprint density at radius 1 is 1.25 bits per heavy atom. The van der Waals surface area contributed by atoms with E-state index in [1.165, 1.54) is 5.56 Å². The van der Waals surface area contributed by atoms with Crippen LogP contribution in [0.4, 0.5) is 8.78 Å². The monoisotopic (exact) mass is 396 g/mol. The average Bonchev–Trinajstić information content (AvgIpc) is 2.66. The number of nitrogens with zero attached hydrogens (tertiary/aromatic N) is 2. The molecule has 0 aliphatic carbocycles. The molecule has 1 aliphatic heterocycles. The Labute approximate surface area is 167 Å². The number of benzene rings is 1. The topological polar surface area (TPSA) is 48.9 Å². The van der Waals surface area contributed by atoms with Crippen molar-refractivity contribution in [1.82, 2.24) is 15.5 Å². The molecule has 0 atom stereocenters. The standard InChI is InChI=1S/C21H34F2N4O/c1-4-24-21(26-17-9-12-27(13-10-17)15-20(22)23)25-11-14-28-19-8-6-5-7-18(19)16(2)3/h5-8,16-17,20H,4,9-15H2,1-3H3,(H2,24,25,26). The van der Waals surface area contributed by atoms with Crippen molar-refractivity contribution in [3.63, 3.8) is 0 Å². The summed E-state index contributed by atoms with van der Waals surface area (Å²) in [4.78, 5) is 6.43. The quantitative estimate of drug-likeness (QED) is 0.381. The average molecular weight is 397 g/mol. The van der Waals surface area contributed by atoms with Gasteiger partial charge >= 0.3 is 0 Å². The number of hydrogen-bond acceptors (Lipinski definition) is 3. The van der Waals surface area contributed by atoms with E-state index >= 15 is 0 Å². The van der Waals surface area contributed by atoms with E-state index in [4.69, 9.17) is 4.74 Å². The second-order valence-corrected chi connectivity index (χ2v) is 7.41. The Morgan fingerprint density at radius 3 is 2.61 bits per heavy atom. The second-order valence-electron chi connectivity index (χ2n) is 7.41. The summed E-state index contributed by atoms with van der Waals surface area (Å²) >= 11 is 0. The Balaban J connectivity index is 1.80. The molecule has 0 radical (unpaired) electrons. The van der Waals surface area contributed by atoms with Gasteiger partial charge in [0.2, 0.25) is 0 Å². The van der Waals surface area contributed by atoms with Crippen LogP contribution in [0, 0.1) is 0 Å². The first kappa shape index (κ1) is 22.4. The first-order valence-corrected chi connectivity index (χ1v) is 10.3. The molecule has 1 heterocycles. The zero-order valence-electron chi connectivity index (χ0n) is 17.3. The molecule has 0 saturated carbocycles. The van der Waals surface area contributed by atoms with Crippen LogP contribution in [0.1, 0.15) is 45.1 Å². The van der Waals surface area contributed by atoms with Gasteiger partial charge in [0.1, 0.15) is 12.4 Å². The summed E-state index contributed by atoms with van der Waals surface area (Å²) in [6, 6.07) is 8.36. The lowest BCUT2D eigenvalue weighted by atomic mass is 10.0. The molecule has 0 unspecified atom stereocenters. The summed E-state index contributed by atoms with van der Waals surface area (Å²) in [7, 11) is 0. The van der Waals surface area contributed by atoms with Crippen molar-refractivity contribution in [2.24, 2.45) is 4.99 Å². The van der Waals surface area contributed by atoms with E-state index in [-0.39, 0.29) is 12.6 Å². The lowest BCUT2D eigenvalue weighted by Crippen LogP contribution is -2.49. The molecule has 0 bridgehead atoms. The van der Waals surface area contributed by atoms with Crippen LogP contribution in [0.15, 0.2) is 29.3 Å². The van der Waals surface area contributed by atoms with E-state index in [1.54, 1.807) is 0 Å². The Morgan fingerprint density at radius 2 is 1.96 bits per heavy atom. The van der Waals surface area contributed by atoms with Crippen LogP contribution in [0.25, 0.3) is 0 Å². The molecule has 7 heteroatoms. The number of piperidine rings is 1. The molecule has 5 nitrogen and oxygen atoms in total. The Hall–Kier alpha value is -1.89. The number of likely N-dealkylation sites (tertiary alicyclic amines) is 1. The minimum absolute atomic E-state index is 0.129. The molecule has 1 aromatic rings. The predicted octanol–water partition coefficient (Wildman–Crippen LogP) is 3.47. The molecule has 1 aromatic carbocycles. The highest BCUT2D eigenvalue weighted by Crippen LogP contribution is 2.25. The fourth-order valence-electron chi connectivity index (χ4n) is 3.37. The van der Waals surface area contributed by atoms with E-state index in [1.807, 2.05) is 30.0 Å². The highest BCUT2D eigenvalue weighted by molar-refractivity contribution is 5.80. The third-order valence-corrected chi connectivity index (χ3v) is 4.83. The molecule has 0 amide bonds. The zero-order chi connectivity index (χ0) is 20.4. The molecule has 0 aromatic heterocycles. The van der Waals surface area contributed by atoms with Crippen LogP contribution >= 0.6 is 0 Å². The maximum atomic E-state index is 12.5. The van der Waals surface area contributed by atoms with Crippen molar-refractivity contribution in [2.75, 3.05) is 39.3 Å². The lowest BCUT2D eigenvalue weighted by Gasteiger charge is -2.32. The number of rotatable bonds is 9. The van der Waals surface area contributed by atoms with Crippen LogP contribution in [-0.2, 0) is 0 Å². The SMILES string of the molecule is CCNC(=NCCOc1ccccc1C(C)C)NC1CCN(CC(F)F)CC1.